The van der Waals surface area contributed by atoms with E-state index in [4.69, 9.17) is 29.0 Å². The average molecular weight is 855 g/mol. The van der Waals surface area contributed by atoms with E-state index in [-0.39, 0.29) is 55.6 Å². The van der Waals surface area contributed by atoms with E-state index in [2.05, 4.69) is 16.8 Å². The van der Waals surface area contributed by atoms with Crippen LogP contribution in [0.3, 0.4) is 0 Å². The number of ketones is 1. The number of carboxylic acids is 1. The van der Waals surface area contributed by atoms with Gasteiger partial charge in [0.1, 0.15) is 36.1 Å². The van der Waals surface area contributed by atoms with Gasteiger partial charge in [0.25, 0.3) is 0 Å². The Kier molecular flexibility index (Phi) is 12.4. The Morgan fingerprint density at radius 1 is 1.05 bits per heavy atom. The van der Waals surface area contributed by atoms with Crippen molar-refractivity contribution in [3.63, 3.8) is 0 Å². The minimum absolute atomic E-state index is 0.0555. The molecule has 3 saturated carbocycles. The highest BCUT2D eigenvalue weighted by Crippen LogP contribution is 2.57. The van der Waals surface area contributed by atoms with Crippen LogP contribution in [0.2, 0.25) is 0 Å². The number of morpholine rings is 1. The number of carbonyl (C=O) groups excluding carboxylic acids is 3. The number of likely N-dealkylation sites (tertiary alicyclic amines) is 1. The van der Waals surface area contributed by atoms with Crippen molar-refractivity contribution >= 4 is 40.3 Å². The molecule has 15 heteroatoms. The van der Waals surface area contributed by atoms with Crippen LogP contribution >= 0.6 is 0 Å². The lowest BCUT2D eigenvalue weighted by atomic mass is 9.77. The summed E-state index contributed by atoms with van der Waals surface area (Å²) in [4.78, 5) is 64.1. The van der Waals surface area contributed by atoms with Crippen molar-refractivity contribution in [2.75, 3.05) is 51.3 Å². The molecule has 3 unspecified atom stereocenters. The minimum Gasteiger partial charge on any atom is -0.492 e. The number of hydrogen-bond acceptors (Lipinski definition) is 12. The van der Waals surface area contributed by atoms with Crippen molar-refractivity contribution in [2.45, 2.75) is 104 Å². The number of nitrogens with one attached hydrogen (secondary N) is 1. The van der Waals surface area contributed by atoms with Crippen molar-refractivity contribution < 1.29 is 43.2 Å². The summed E-state index contributed by atoms with van der Waals surface area (Å²) in [6.07, 6.45) is 5.65. The van der Waals surface area contributed by atoms with Gasteiger partial charge in [0.15, 0.2) is 11.6 Å². The molecule has 4 heterocycles. The molecule has 3 aromatic rings. The number of pyridine rings is 1. The molecule has 1 aromatic carbocycles. The second kappa shape index (κ2) is 17.6. The zero-order valence-electron chi connectivity index (χ0n) is 36.7. The van der Waals surface area contributed by atoms with Crippen LogP contribution < -0.4 is 14.8 Å². The maximum atomic E-state index is 14.9. The van der Waals surface area contributed by atoms with Crippen molar-refractivity contribution in [2.24, 2.45) is 34.5 Å². The fourth-order valence-electron chi connectivity index (χ4n) is 9.74. The Morgan fingerprint density at radius 3 is 2.48 bits per heavy atom. The molecule has 0 spiro atoms. The second-order valence-electron chi connectivity index (χ2n) is 19.5. The number of amides is 1. The maximum Gasteiger partial charge on any atom is 0.310 e. The van der Waals surface area contributed by atoms with Gasteiger partial charge in [-0.25, -0.2) is 9.67 Å². The van der Waals surface area contributed by atoms with Gasteiger partial charge in [0.2, 0.25) is 5.91 Å². The first-order chi connectivity index (χ1) is 29.6. The molecule has 0 radical (unpaired) electrons. The summed E-state index contributed by atoms with van der Waals surface area (Å²) in [5, 5.41) is 19.0. The van der Waals surface area contributed by atoms with E-state index in [1.165, 1.54) is 11.3 Å². The third-order valence-corrected chi connectivity index (χ3v) is 13.5. The first-order valence-electron chi connectivity index (χ1n) is 22.4. The number of aromatic nitrogens is 3. The Bertz CT molecular complexity index is 2170. The molecule has 1 amide bonds. The Morgan fingerprint density at radius 2 is 1.81 bits per heavy atom. The van der Waals surface area contributed by atoms with E-state index in [9.17, 15) is 24.3 Å². The molecule has 62 heavy (non-hydrogen) atoms. The number of carboxylic acid groups (broad SMARTS) is 1. The predicted molar refractivity (Wildman–Crippen MR) is 231 cm³/mol. The summed E-state index contributed by atoms with van der Waals surface area (Å²) in [5.41, 5.74) is -1.31. The highest BCUT2D eigenvalue weighted by atomic mass is 16.5. The predicted octanol–water partition coefficient (Wildman–Crippen LogP) is 5.93. The number of anilines is 1. The minimum atomic E-state index is -1.26. The van der Waals surface area contributed by atoms with Crippen LogP contribution in [0.4, 0.5) is 5.82 Å². The van der Waals surface area contributed by atoms with E-state index >= 15 is 0 Å². The SMILES string of the molecule is C=C[C@@H]1C[C@]1(CC(=O)[C@@H]1CC(Oc2cc(-n3ccc(NC(C)C)n3)nc3cc(OCCN4CCOCC4)ccc23)CN1C(=O)[C@@H](CC(=O)OC1CC2C[C@H]2C1)C(C)(C)C)C(=O)O. The van der Waals surface area contributed by atoms with Gasteiger partial charge in [0, 0.05) is 68.3 Å². The number of carbonyl (C=O) groups is 4. The highest BCUT2D eigenvalue weighted by Gasteiger charge is 2.61. The van der Waals surface area contributed by atoms with Gasteiger partial charge in [-0.3, -0.25) is 24.1 Å². The summed E-state index contributed by atoms with van der Waals surface area (Å²) in [6.45, 7) is 18.1. The maximum absolute atomic E-state index is 14.9. The number of ether oxygens (including phenoxy) is 4. The Labute approximate surface area is 363 Å². The molecule has 5 aliphatic rings. The molecule has 2 saturated heterocycles. The van der Waals surface area contributed by atoms with Gasteiger partial charge < -0.3 is 34.3 Å². The summed E-state index contributed by atoms with van der Waals surface area (Å²) >= 11 is 0. The smallest absolute Gasteiger partial charge is 0.310 e. The Balaban J connectivity index is 1.07. The molecular formula is C47H62N6O9. The molecular weight excluding hydrogens is 793 g/mol. The fraction of sp³-hybridized carbons (Fsp3) is 0.617. The molecule has 2 aromatic heterocycles. The third kappa shape index (κ3) is 9.63. The molecule has 2 N–H and O–H groups in total. The van der Waals surface area contributed by atoms with Gasteiger partial charge >= 0.3 is 11.9 Å². The number of Topliss-reactive ketones (excluding diaryl/α,β-unsaturated/α-hetero) is 1. The van der Waals surface area contributed by atoms with Gasteiger partial charge in [-0.15, -0.1) is 11.7 Å². The van der Waals surface area contributed by atoms with E-state index in [1.807, 2.05) is 65.1 Å². The molecule has 15 nitrogen and oxygen atoms in total. The number of fused-ring (bicyclic) bond motifs is 2. The topological polar surface area (TPSA) is 175 Å². The highest BCUT2D eigenvalue weighted by molar-refractivity contribution is 5.95. The monoisotopic (exact) mass is 854 g/mol. The van der Waals surface area contributed by atoms with Crippen LogP contribution in [-0.2, 0) is 28.7 Å². The molecule has 8 rings (SSSR count). The average Bonchev–Trinajstić information content (AvgIpc) is 3.89. The van der Waals surface area contributed by atoms with Crippen molar-refractivity contribution in [3.8, 4) is 17.3 Å². The van der Waals surface area contributed by atoms with E-state index < -0.39 is 40.8 Å². The molecule has 3 aliphatic carbocycles. The second-order valence-corrected chi connectivity index (χ2v) is 19.5. The number of nitrogens with zero attached hydrogens (tertiary/aromatic N) is 5. The molecule has 5 fully saturated rings. The van der Waals surface area contributed by atoms with Crippen LogP contribution in [0.1, 0.15) is 79.6 Å². The van der Waals surface area contributed by atoms with Gasteiger partial charge in [0.05, 0.1) is 49.1 Å². The third-order valence-electron chi connectivity index (χ3n) is 13.5. The summed E-state index contributed by atoms with van der Waals surface area (Å²) in [5.74, 6) is 0.269. The lowest BCUT2D eigenvalue weighted by Gasteiger charge is -2.35. The van der Waals surface area contributed by atoms with E-state index in [0.29, 0.717) is 72.1 Å². The van der Waals surface area contributed by atoms with Crippen molar-refractivity contribution in [3.05, 3.63) is 49.2 Å². The van der Waals surface area contributed by atoms with Crippen LogP contribution in [-0.4, -0.2) is 124 Å². The van der Waals surface area contributed by atoms with Gasteiger partial charge in [-0.05, 0) is 74.8 Å². The summed E-state index contributed by atoms with van der Waals surface area (Å²) in [6, 6.07) is 8.51. The van der Waals surface area contributed by atoms with E-state index in [0.717, 1.165) is 32.5 Å². The fourth-order valence-corrected chi connectivity index (χ4v) is 9.74. The van der Waals surface area contributed by atoms with Crippen LogP contribution in [0.15, 0.2) is 49.2 Å². The van der Waals surface area contributed by atoms with Gasteiger partial charge in [-0.1, -0.05) is 26.8 Å². The number of aliphatic carboxylic acids is 1. The zero-order chi connectivity index (χ0) is 43.9. The van der Waals surface area contributed by atoms with Crippen LogP contribution in [0, 0.1) is 34.5 Å². The summed E-state index contributed by atoms with van der Waals surface area (Å²) in [7, 11) is 0. The first-order valence-corrected chi connectivity index (χ1v) is 22.4. The normalized spacial score (nSPS) is 27.4. The zero-order valence-corrected chi connectivity index (χ0v) is 36.7. The van der Waals surface area contributed by atoms with Crippen LogP contribution in [0.5, 0.6) is 11.5 Å². The largest absolute Gasteiger partial charge is 0.492 e. The number of rotatable bonds is 18. The molecule has 8 atom stereocenters. The quantitative estimate of drug-likeness (QED) is 0.114. The van der Waals surface area contributed by atoms with E-state index in [1.54, 1.807) is 16.8 Å². The van der Waals surface area contributed by atoms with Crippen molar-refractivity contribution in [1.82, 2.24) is 24.6 Å². The number of benzene rings is 1. The summed E-state index contributed by atoms with van der Waals surface area (Å²) < 4.78 is 26.1. The standard InChI is InChI=1S/C47H62N6O9/c1-7-31-25-47(31,45(57)58)26-39(54)38-22-34(27-52(38)44(56)36(46(4,5)6)23-43(55)62-33-19-29-18-30(29)20-33)61-40-24-42(53-11-10-41(50-53)48-28(2)3)49-37-21-32(8-9-35(37)40)60-17-14-51-12-15-59-16-13-51/h7-11,21,24,28-31,33-34,36,38H,1,12-20,22-23,25-27H2,2-6H3,(H,48,50)(H,57,58)/t29-,30?,31+,33?,34?,36+,38-,47+/m0/s1. The first kappa shape index (κ1) is 43.6. The number of allylic oxidation sites excluding steroid dienone is 1. The number of esters is 1. The van der Waals surface area contributed by atoms with Crippen molar-refractivity contribution in [1.29, 1.82) is 0 Å². The molecule has 334 valence electrons. The Hall–Kier alpha value is -5.02. The molecule has 2 aliphatic heterocycles. The van der Waals surface area contributed by atoms with Crippen LogP contribution in [0.25, 0.3) is 16.7 Å². The number of hydrogen-bond donors (Lipinski definition) is 2. The molecule has 0 bridgehead atoms. The van der Waals surface area contributed by atoms with Gasteiger partial charge in [-0.2, -0.15) is 0 Å². The lowest BCUT2D eigenvalue weighted by molar-refractivity contribution is -0.157. The lowest BCUT2D eigenvalue weighted by Crippen LogP contribution is -2.48.